The third-order valence-corrected chi connectivity index (χ3v) is 5.68. The molecule has 118 valence electrons. The first kappa shape index (κ1) is 16.9. The van der Waals surface area contributed by atoms with Crippen LogP contribution >= 0.6 is 11.8 Å². The smallest absolute Gasteiger partial charge is 0.0206 e. The Balaban J connectivity index is 1.85. The summed E-state index contributed by atoms with van der Waals surface area (Å²) in [5.74, 6) is 1.68. The average molecular weight is 306 g/mol. The topological polar surface area (TPSA) is 12.0 Å². The predicted octanol–water partition coefficient (Wildman–Crippen LogP) is 5.49. The lowest BCUT2D eigenvalue weighted by Crippen LogP contribution is -2.19. The first-order valence-electron chi connectivity index (χ1n) is 8.63. The molecule has 0 radical (unpaired) electrons. The van der Waals surface area contributed by atoms with E-state index >= 15 is 0 Å². The minimum atomic E-state index is 0.718. The molecule has 1 fully saturated rings. The summed E-state index contributed by atoms with van der Waals surface area (Å²) >= 11 is 2.11. The molecule has 0 aromatic heterocycles. The maximum atomic E-state index is 3.54. The lowest BCUT2D eigenvalue weighted by atomic mass is 9.87. The van der Waals surface area contributed by atoms with Crippen LogP contribution in [0.25, 0.3) is 0 Å². The largest absolute Gasteiger partial charge is 0.312 e. The molecule has 0 spiro atoms. The first-order chi connectivity index (χ1) is 10.2. The number of hydrogen-bond donors (Lipinski definition) is 1. The highest BCUT2D eigenvalue weighted by molar-refractivity contribution is 8.00. The van der Waals surface area contributed by atoms with E-state index < -0.39 is 0 Å². The second-order valence-corrected chi connectivity index (χ2v) is 8.23. The van der Waals surface area contributed by atoms with Gasteiger partial charge in [0.1, 0.15) is 0 Å². The molecule has 2 unspecified atom stereocenters. The van der Waals surface area contributed by atoms with Crippen molar-refractivity contribution < 1.29 is 0 Å². The van der Waals surface area contributed by atoms with Crippen LogP contribution in [0.4, 0.5) is 0 Å². The monoisotopic (exact) mass is 305 g/mol. The van der Waals surface area contributed by atoms with Gasteiger partial charge in [0, 0.05) is 16.7 Å². The lowest BCUT2D eigenvalue weighted by molar-refractivity contribution is 0.357. The number of nitrogens with one attached hydrogen (secondary N) is 1. The van der Waals surface area contributed by atoms with Gasteiger partial charge in [0.25, 0.3) is 0 Å². The summed E-state index contributed by atoms with van der Waals surface area (Å²) in [4.78, 5) is 1.46. The Kier molecular flexibility index (Phi) is 7.12. The minimum absolute atomic E-state index is 0.718. The predicted molar refractivity (Wildman–Crippen MR) is 94.9 cm³/mol. The van der Waals surface area contributed by atoms with Crippen LogP contribution in [0.15, 0.2) is 29.2 Å². The van der Waals surface area contributed by atoms with Gasteiger partial charge < -0.3 is 5.32 Å². The van der Waals surface area contributed by atoms with E-state index in [2.05, 4.69) is 62.1 Å². The zero-order valence-corrected chi connectivity index (χ0v) is 14.7. The van der Waals surface area contributed by atoms with Crippen LogP contribution in [0.1, 0.15) is 58.4 Å². The van der Waals surface area contributed by atoms with Crippen molar-refractivity contribution in [3.05, 3.63) is 29.8 Å². The van der Waals surface area contributed by atoms with Crippen molar-refractivity contribution >= 4 is 11.8 Å². The van der Waals surface area contributed by atoms with Crippen LogP contribution in [0.5, 0.6) is 0 Å². The zero-order chi connectivity index (χ0) is 15.1. The van der Waals surface area contributed by atoms with Gasteiger partial charge in [-0.25, -0.2) is 0 Å². The molecule has 2 atom stereocenters. The van der Waals surface area contributed by atoms with E-state index in [1.165, 1.54) is 42.6 Å². The van der Waals surface area contributed by atoms with Gasteiger partial charge in [-0.05, 0) is 48.9 Å². The Morgan fingerprint density at radius 1 is 1.29 bits per heavy atom. The Morgan fingerprint density at radius 2 is 2.14 bits per heavy atom. The average Bonchev–Trinajstić information content (AvgIpc) is 2.47. The van der Waals surface area contributed by atoms with Crippen molar-refractivity contribution in [2.45, 2.75) is 69.6 Å². The second kappa shape index (κ2) is 8.85. The molecule has 0 amide bonds. The van der Waals surface area contributed by atoms with Gasteiger partial charge in [0.2, 0.25) is 0 Å². The van der Waals surface area contributed by atoms with E-state index in [1.807, 2.05) is 0 Å². The summed E-state index contributed by atoms with van der Waals surface area (Å²) in [7, 11) is 0. The third-order valence-electron chi connectivity index (χ3n) is 4.39. The molecular weight excluding hydrogens is 274 g/mol. The zero-order valence-electron chi connectivity index (χ0n) is 13.9. The molecule has 1 aromatic rings. The fraction of sp³-hybridized carbons (Fsp3) is 0.684. The fourth-order valence-corrected chi connectivity index (χ4v) is 4.56. The van der Waals surface area contributed by atoms with Crippen LogP contribution < -0.4 is 5.32 Å². The van der Waals surface area contributed by atoms with Crippen molar-refractivity contribution in [1.82, 2.24) is 5.32 Å². The van der Waals surface area contributed by atoms with E-state index in [4.69, 9.17) is 0 Å². The van der Waals surface area contributed by atoms with Crippen LogP contribution in [-0.2, 0) is 6.54 Å². The van der Waals surface area contributed by atoms with Crippen molar-refractivity contribution in [2.75, 3.05) is 6.54 Å². The lowest BCUT2D eigenvalue weighted by Gasteiger charge is -2.28. The number of thioether (sulfide) groups is 1. The first-order valence-corrected chi connectivity index (χ1v) is 9.51. The molecule has 1 aliphatic carbocycles. The molecule has 1 saturated carbocycles. The molecule has 1 aromatic carbocycles. The van der Waals surface area contributed by atoms with E-state index in [0.717, 1.165) is 30.2 Å². The van der Waals surface area contributed by atoms with Crippen molar-refractivity contribution in [3.63, 3.8) is 0 Å². The van der Waals surface area contributed by atoms with Gasteiger partial charge >= 0.3 is 0 Å². The Hall–Kier alpha value is -0.470. The molecule has 2 rings (SSSR count). The molecule has 0 aliphatic heterocycles. The standard InChI is InChI=1S/C19H31NS/c1-4-16-7-5-9-18(11-16)21-19-10-6-8-17(12-19)14-20-13-15(2)3/h6,8,10,12,15-16,18,20H,4-5,7,9,11,13-14H2,1-3H3. The number of benzene rings is 1. The highest BCUT2D eigenvalue weighted by atomic mass is 32.2. The van der Waals surface area contributed by atoms with Crippen LogP contribution in [-0.4, -0.2) is 11.8 Å². The van der Waals surface area contributed by atoms with Crippen LogP contribution in [0, 0.1) is 11.8 Å². The van der Waals surface area contributed by atoms with Gasteiger partial charge in [0.15, 0.2) is 0 Å². The summed E-state index contributed by atoms with van der Waals surface area (Å²) in [5, 5.41) is 4.37. The van der Waals surface area contributed by atoms with Crippen molar-refractivity contribution in [3.8, 4) is 0 Å². The molecule has 1 N–H and O–H groups in total. The van der Waals surface area contributed by atoms with E-state index in [1.54, 1.807) is 0 Å². The maximum absolute atomic E-state index is 3.54. The molecule has 2 heteroatoms. The Morgan fingerprint density at radius 3 is 2.90 bits per heavy atom. The molecule has 0 bridgehead atoms. The number of hydrogen-bond acceptors (Lipinski definition) is 2. The maximum Gasteiger partial charge on any atom is 0.0206 e. The quantitative estimate of drug-likeness (QED) is 0.714. The fourth-order valence-electron chi connectivity index (χ4n) is 3.15. The normalized spacial score (nSPS) is 22.7. The third kappa shape index (κ3) is 6.04. The Labute approximate surface area is 135 Å². The van der Waals surface area contributed by atoms with Gasteiger partial charge in [-0.15, -0.1) is 11.8 Å². The highest BCUT2D eigenvalue weighted by Gasteiger charge is 2.21. The van der Waals surface area contributed by atoms with Gasteiger partial charge in [-0.1, -0.05) is 52.2 Å². The van der Waals surface area contributed by atoms with E-state index in [-0.39, 0.29) is 0 Å². The summed E-state index contributed by atoms with van der Waals surface area (Å²) in [6, 6.07) is 9.13. The molecule has 1 aliphatic rings. The van der Waals surface area contributed by atoms with Gasteiger partial charge in [-0.3, -0.25) is 0 Å². The SMILES string of the molecule is CCC1CCCC(Sc2cccc(CNCC(C)C)c2)C1. The second-order valence-electron chi connectivity index (χ2n) is 6.85. The van der Waals surface area contributed by atoms with E-state index in [0.29, 0.717) is 0 Å². The molecule has 0 saturated heterocycles. The van der Waals surface area contributed by atoms with Crippen molar-refractivity contribution in [1.29, 1.82) is 0 Å². The van der Waals surface area contributed by atoms with Gasteiger partial charge in [-0.2, -0.15) is 0 Å². The summed E-state index contributed by atoms with van der Waals surface area (Å²) in [6.07, 6.45) is 7.04. The van der Waals surface area contributed by atoms with Crippen LogP contribution in [0.2, 0.25) is 0 Å². The van der Waals surface area contributed by atoms with Crippen LogP contribution in [0.3, 0.4) is 0 Å². The molecule has 21 heavy (non-hydrogen) atoms. The molecular formula is C19H31NS. The molecule has 1 nitrogen and oxygen atoms in total. The Bertz CT molecular complexity index is 416. The van der Waals surface area contributed by atoms with E-state index in [9.17, 15) is 0 Å². The summed E-state index contributed by atoms with van der Waals surface area (Å²) in [6.45, 7) is 8.95. The van der Waals surface area contributed by atoms with Gasteiger partial charge in [0.05, 0.1) is 0 Å². The number of rotatable bonds is 7. The minimum Gasteiger partial charge on any atom is -0.312 e. The summed E-state index contributed by atoms with van der Waals surface area (Å²) in [5.41, 5.74) is 1.42. The molecule has 0 heterocycles. The summed E-state index contributed by atoms with van der Waals surface area (Å²) < 4.78 is 0. The van der Waals surface area contributed by atoms with Crippen molar-refractivity contribution in [2.24, 2.45) is 11.8 Å². The highest BCUT2D eigenvalue weighted by Crippen LogP contribution is 2.37.